The van der Waals surface area contributed by atoms with Gasteiger partial charge in [0.25, 0.3) is 0 Å². The maximum Gasteiger partial charge on any atom is 0.122 e. The van der Waals surface area contributed by atoms with E-state index in [0.29, 0.717) is 26.4 Å². The summed E-state index contributed by atoms with van der Waals surface area (Å²) < 4.78 is 12.2. The average molecular weight is 199 g/mol. The van der Waals surface area contributed by atoms with Crippen LogP contribution in [0.3, 0.4) is 0 Å². The van der Waals surface area contributed by atoms with E-state index in [0.717, 1.165) is 12.4 Å². The molecule has 0 aliphatic heterocycles. The van der Waals surface area contributed by atoms with Gasteiger partial charge in [-0.2, -0.15) is 0 Å². The zero-order valence-corrected chi connectivity index (χ0v) is 8.48. The Labute approximate surface area is 83.8 Å². The van der Waals surface area contributed by atoms with Gasteiger partial charge in [0.1, 0.15) is 5.82 Å². The minimum atomic E-state index is 0.463. The Kier molecular flexibility index (Phi) is 5.21. The molecular formula is C9H17N3O2. The van der Waals surface area contributed by atoms with E-state index in [-0.39, 0.29) is 0 Å². The Balaban J connectivity index is 2.17. The van der Waals surface area contributed by atoms with Crippen LogP contribution in [0.15, 0.2) is 12.4 Å². The molecule has 0 unspecified atom stereocenters. The van der Waals surface area contributed by atoms with Gasteiger partial charge in [0.15, 0.2) is 0 Å². The van der Waals surface area contributed by atoms with Gasteiger partial charge in [-0.15, -0.1) is 0 Å². The van der Waals surface area contributed by atoms with Gasteiger partial charge in [0.2, 0.25) is 0 Å². The summed E-state index contributed by atoms with van der Waals surface area (Å²) >= 11 is 0. The molecule has 0 aromatic carbocycles. The third kappa shape index (κ3) is 3.45. The lowest BCUT2D eigenvalue weighted by Crippen LogP contribution is -2.13. The van der Waals surface area contributed by atoms with E-state index in [9.17, 15) is 0 Å². The van der Waals surface area contributed by atoms with E-state index in [1.165, 1.54) is 0 Å². The quantitative estimate of drug-likeness (QED) is 0.628. The summed E-state index contributed by atoms with van der Waals surface area (Å²) in [6.45, 7) is 3.17. The molecule has 5 nitrogen and oxygen atoms in total. The van der Waals surface area contributed by atoms with E-state index in [1.807, 2.05) is 10.8 Å². The molecular weight excluding hydrogens is 182 g/mol. The minimum Gasteiger partial charge on any atom is -0.382 e. The average Bonchev–Trinajstić information content (AvgIpc) is 2.65. The van der Waals surface area contributed by atoms with E-state index in [2.05, 4.69) is 4.98 Å². The van der Waals surface area contributed by atoms with Crippen LogP contribution >= 0.6 is 0 Å². The van der Waals surface area contributed by atoms with Crippen molar-refractivity contribution in [2.24, 2.45) is 5.73 Å². The molecule has 2 N–H and O–H groups in total. The van der Waals surface area contributed by atoms with Crippen LogP contribution in [0.25, 0.3) is 0 Å². The summed E-state index contributed by atoms with van der Waals surface area (Å²) in [7, 11) is 1.66. The van der Waals surface area contributed by atoms with Gasteiger partial charge in [-0.1, -0.05) is 0 Å². The molecule has 0 fully saturated rings. The number of nitrogens with zero attached hydrogens (tertiary/aromatic N) is 2. The smallest absolute Gasteiger partial charge is 0.122 e. The highest BCUT2D eigenvalue weighted by Gasteiger charge is 1.98. The molecule has 1 aromatic heterocycles. The number of hydrogen-bond donors (Lipinski definition) is 1. The number of hydrogen-bond acceptors (Lipinski definition) is 4. The molecule has 1 aromatic rings. The van der Waals surface area contributed by atoms with Crippen LogP contribution < -0.4 is 5.73 Å². The van der Waals surface area contributed by atoms with Crippen LogP contribution in [0.2, 0.25) is 0 Å². The maximum atomic E-state index is 5.50. The van der Waals surface area contributed by atoms with Gasteiger partial charge in [0, 0.05) is 26.0 Å². The minimum absolute atomic E-state index is 0.463. The predicted octanol–water partition coefficient (Wildman–Crippen LogP) is 0.00480. The lowest BCUT2D eigenvalue weighted by Gasteiger charge is -2.06. The Bertz CT molecular complexity index is 250. The third-order valence-electron chi connectivity index (χ3n) is 1.89. The van der Waals surface area contributed by atoms with Crippen molar-refractivity contribution in [2.45, 2.75) is 13.1 Å². The van der Waals surface area contributed by atoms with Gasteiger partial charge in [-0.05, 0) is 0 Å². The van der Waals surface area contributed by atoms with Crippen molar-refractivity contribution in [3.05, 3.63) is 18.2 Å². The first kappa shape index (κ1) is 11.2. The second-order valence-electron chi connectivity index (χ2n) is 2.85. The first-order valence-electron chi connectivity index (χ1n) is 4.65. The van der Waals surface area contributed by atoms with Crippen molar-refractivity contribution in [1.29, 1.82) is 0 Å². The molecule has 1 rings (SSSR count). The summed E-state index contributed by atoms with van der Waals surface area (Å²) in [5, 5.41) is 0. The second-order valence-corrected chi connectivity index (χ2v) is 2.85. The second kappa shape index (κ2) is 6.53. The monoisotopic (exact) mass is 199 g/mol. The van der Waals surface area contributed by atoms with Gasteiger partial charge < -0.3 is 19.8 Å². The summed E-state index contributed by atoms with van der Waals surface area (Å²) in [5.41, 5.74) is 5.50. The van der Waals surface area contributed by atoms with E-state index in [1.54, 1.807) is 13.3 Å². The number of ether oxygens (including phenoxy) is 2. The van der Waals surface area contributed by atoms with E-state index in [4.69, 9.17) is 15.2 Å². The molecule has 14 heavy (non-hydrogen) atoms. The topological polar surface area (TPSA) is 62.3 Å². The van der Waals surface area contributed by atoms with Crippen LogP contribution in [0.1, 0.15) is 5.82 Å². The number of nitrogens with two attached hydrogens (primary N) is 1. The summed E-state index contributed by atoms with van der Waals surface area (Å²) in [6.07, 6.45) is 3.65. The number of imidazole rings is 1. The van der Waals surface area contributed by atoms with E-state index >= 15 is 0 Å². The molecule has 80 valence electrons. The van der Waals surface area contributed by atoms with Crippen LogP contribution in [-0.4, -0.2) is 36.5 Å². The molecule has 0 bridgehead atoms. The van der Waals surface area contributed by atoms with Crippen LogP contribution in [-0.2, 0) is 22.6 Å². The Morgan fingerprint density at radius 1 is 1.43 bits per heavy atom. The molecule has 0 amide bonds. The van der Waals surface area contributed by atoms with Crippen LogP contribution in [0.4, 0.5) is 0 Å². The molecule has 0 saturated carbocycles. The number of aromatic nitrogens is 2. The molecule has 5 heteroatoms. The normalized spacial score (nSPS) is 10.7. The van der Waals surface area contributed by atoms with Crippen molar-refractivity contribution in [3.8, 4) is 0 Å². The molecule has 0 aliphatic carbocycles. The fourth-order valence-electron chi connectivity index (χ4n) is 1.14. The van der Waals surface area contributed by atoms with Crippen molar-refractivity contribution in [3.63, 3.8) is 0 Å². The Hall–Kier alpha value is -0.910. The van der Waals surface area contributed by atoms with Crippen LogP contribution in [0.5, 0.6) is 0 Å². The third-order valence-corrected chi connectivity index (χ3v) is 1.89. The lowest BCUT2D eigenvalue weighted by molar-refractivity contribution is 0.0663. The lowest BCUT2D eigenvalue weighted by atomic mass is 10.5. The van der Waals surface area contributed by atoms with Crippen molar-refractivity contribution >= 4 is 0 Å². The van der Waals surface area contributed by atoms with Crippen molar-refractivity contribution in [1.82, 2.24) is 9.55 Å². The zero-order chi connectivity index (χ0) is 10.2. The molecule has 0 saturated heterocycles. The first-order chi connectivity index (χ1) is 6.88. The fourth-order valence-corrected chi connectivity index (χ4v) is 1.14. The Morgan fingerprint density at radius 2 is 2.29 bits per heavy atom. The highest BCUT2D eigenvalue weighted by atomic mass is 16.5. The SMILES string of the molecule is COCCOCCn1ccnc1CN. The largest absolute Gasteiger partial charge is 0.382 e. The Morgan fingerprint density at radius 3 is 3.00 bits per heavy atom. The summed E-state index contributed by atoms with van der Waals surface area (Å²) in [6, 6.07) is 0. The van der Waals surface area contributed by atoms with Crippen molar-refractivity contribution < 1.29 is 9.47 Å². The molecule has 0 spiro atoms. The number of rotatable bonds is 7. The first-order valence-corrected chi connectivity index (χ1v) is 4.65. The number of methoxy groups -OCH3 is 1. The maximum absolute atomic E-state index is 5.50. The molecule has 0 atom stereocenters. The van der Waals surface area contributed by atoms with Crippen LogP contribution in [0, 0.1) is 0 Å². The van der Waals surface area contributed by atoms with Crippen molar-refractivity contribution in [2.75, 3.05) is 26.9 Å². The molecule has 1 heterocycles. The zero-order valence-electron chi connectivity index (χ0n) is 8.48. The van der Waals surface area contributed by atoms with Gasteiger partial charge >= 0.3 is 0 Å². The highest BCUT2D eigenvalue weighted by Crippen LogP contribution is 1.95. The predicted molar refractivity (Wildman–Crippen MR) is 52.8 cm³/mol. The highest BCUT2D eigenvalue weighted by molar-refractivity contribution is 4.90. The van der Waals surface area contributed by atoms with Gasteiger partial charge in [0.05, 0.1) is 26.4 Å². The fraction of sp³-hybridized carbons (Fsp3) is 0.667. The summed E-state index contributed by atoms with van der Waals surface area (Å²) in [5.74, 6) is 0.889. The standard InChI is InChI=1S/C9H17N3O2/c1-13-6-7-14-5-4-12-3-2-11-9(12)8-10/h2-3H,4-8,10H2,1H3. The van der Waals surface area contributed by atoms with E-state index < -0.39 is 0 Å². The van der Waals surface area contributed by atoms with Gasteiger partial charge in [-0.3, -0.25) is 0 Å². The molecule has 0 aliphatic rings. The summed E-state index contributed by atoms with van der Waals surface area (Å²) in [4.78, 5) is 4.11. The molecule has 0 radical (unpaired) electrons. The van der Waals surface area contributed by atoms with Gasteiger partial charge in [-0.25, -0.2) is 4.98 Å².